The molecule has 0 unspecified atom stereocenters. The summed E-state index contributed by atoms with van der Waals surface area (Å²) in [7, 11) is 0. The van der Waals surface area contributed by atoms with Crippen molar-refractivity contribution >= 4 is 11.8 Å². The highest BCUT2D eigenvalue weighted by atomic mass is 32.2. The van der Waals surface area contributed by atoms with E-state index in [1.54, 1.807) is 11.8 Å². The lowest BCUT2D eigenvalue weighted by atomic mass is 10.2. The maximum Gasteiger partial charge on any atom is 0.0952 e. The molecular weight excluding hydrogens is 190 g/mol. The summed E-state index contributed by atoms with van der Waals surface area (Å²) in [5.41, 5.74) is 2.09. The molecule has 0 saturated heterocycles. The van der Waals surface area contributed by atoms with Crippen molar-refractivity contribution in [3.8, 4) is 6.07 Å². The SMILES string of the molecule is CCC(C#N)=CSc1ccc(C)cc1. The van der Waals surface area contributed by atoms with Crippen molar-refractivity contribution in [3.63, 3.8) is 0 Å². The molecule has 1 aromatic carbocycles. The zero-order valence-electron chi connectivity index (χ0n) is 8.45. The molecule has 1 aromatic rings. The Morgan fingerprint density at radius 2 is 2.07 bits per heavy atom. The van der Waals surface area contributed by atoms with E-state index in [9.17, 15) is 0 Å². The summed E-state index contributed by atoms with van der Waals surface area (Å²) in [6.45, 7) is 4.06. The van der Waals surface area contributed by atoms with Gasteiger partial charge in [0.05, 0.1) is 6.07 Å². The molecule has 0 radical (unpaired) electrons. The average Bonchev–Trinajstić information content (AvgIpc) is 2.22. The van der Waals surface area contributed by atoms with E-state index >= 15 is 0 Å². The van der Waals surface area contributed by atoms with Crippen LogP contribution in [-0.2, 0) is 0 Å². The van der Waals surface area contributed by atoms with E-state index < -0.39 is 0 Å². The van der Waals surface area contributed by atoms with Gasteiger partial charge in [0.1, 0.15) is 0 Å². The van der Waals surface area contributed by atoms with Crippen LogP contribution in [0.15, 0.2) is 40.1 Å². The Kier molecular flexibility index (Phi) is 4.28. The van der Waals surface area contributed by atoms with Crippen LogP contribution in [0.4, 0.5) is 0 Å². The van der Waals surface area contributed by atoms with E-state index in [2.05, 4.69) is 37.3 Å². The predicted octanol–water partition coefficient (Wildman–Crippen LogP) is 3.90. The maximum atomic E-state index is 8.72. The summed E-state index contributed by atoms with van der Waals surface area (Å²) in [6.07, 6.45) is 0.801. The summed E-state index contributed by atoms with van der Waals surface area (Å²) in [4.78, 5) is 1.18. The average molecular weight is 203 g/mol. The van der Waals surface area contributed by atoms with Crippen LogP contribution in [0.3, 0.4) is 0 Å². The van der Waals surface area contributed by atoms with Gasteiger partial charge < -0.3 is 0 Å². The Morgan fingerprint density at radius 1 is 1.43 bits per heavy atom. The van der Waals surface area contributed by atoms with Gasteiger partial charge in [-0.15, -0.1) is 0 Å². The zero-order valence-corrected chi connectivity index (χ0v) is 9.27. The lowest BCUT2D eigenvalue weighted by Gasteiger charge is -1.97. The standard InChI is InChI=1S/C12H13NS/c1-3-11(8-13)9-14-12-6-4-10(2)5-7-12/h4-7,9H,3H2,1-2H3. The van der Waals surface area contributed by atoms with E-state index in [1.807, 2.05) is 12.3 Å². The van der Waals surface area contributed by atoms with Crippen LogP contribution in [0.2, 0.25) is 0 Å². The molecule has 14 heavy (non-hydrogen) atoms. The first kappa shape index (κ1) is 10.9. The summed E-state index contributed by atoms with van der Waals surface area (Å²) < 4.78 is 0. The molecule has 0 atom stereocenters. The van der Waals surface area contributed by atoms with Gasteiger partial charge in [0.2, 0.25) is 0 Å². The third-order valence-corrected chi connectivity index (χ3v) is 2.83. The van der Waals surface area contributed by atoms with Crippen LogP contribution in [0.1, 0.15) is 18.9 Å². The minimum Gasteiger partial charge on any atom is -0.193 e. The quantitative estimate of drug-likeness (QED) is 0.549. The third kappa shape index (κ3) is 3.27. The largest absolute Gasteiger partial charge is 0.193 e. The van der Waals surface area contributed by atoms with Gasteiger partial charge in [-0.1, -0.05) is 36.4 Å². The fraction of sp³-hybridized carbons (Fsp3) is 0.250. The molecule has 0 aliphatic carbocycles. The first-order valence-corrected chi connectivity index (χ1v) is 5.46. The van der Waals surface area contributed by atoms with Gasteiger partial charge in [0, 0.05) is 10.5 Å². The van der Waals surface area contributed by atoms with Gasteiger partial charge in [0.15, 0.2) is 0 Å². The highest BCUT2D eigenvalue weighted by Gasteiger charge is 1.93. The van der Waals surface area contributed by atoms with Gasteiger partial charge in [-0.3, -0.25) is 0 Å². The molecule has 0 bridgehead atoms. The van der Waals surface area contributed by atoms with E-state index in [1.165, 1.54) is 10.5 Å². The fourth-order valence-electron chi connectivity index (χ4n) is 0.945. The molecule has 0 aliphatic heterocycles. The Bertz CT molecular complexity index is 357. The summed E-state index contributed by atoms with van der Waals surface area (Å²) in [5.74, 6) is 0. The second-order valence-electron chi connectivity index (χ2n) is 3.04. The Labute approximate surface area is 89.4 Å². The Morgan fingerprint density at radius 3 is 2.57 bits per heavy atom. The van der Waals surface area contributed by atoms with Crippen molar-refractivity contribution in [2.45, 2.75) is 25.2 Å². The smallest absolute Gasteiger partial charge is 0.0952 e. The number of rotatable bonds is 3. The van der Waals surface area contributed by atoms with Crippen molar-refractivity contribution < 1.29 is 0 Å². The van der Waals surface area contributed by atoms with Crippen LogP contribution in [0.25, 0.3) is 0 Å². The van der Waals surface area contributed by atoms with Crippen molar-refractivity contribution in [1.82, 2.24) is 0 Å². The van der Waals surface area contributed by atoms with Crippen molar-refractivity contribution in [1.29, 1.82) is 5.26 Å². The third-order valence-electron chi connectivity index (χ3n) is 1.88. The molecule has 0 spiro atoms. The highest BCUT2D eigenvalue weighted by molar-refractivity contribution is 8.02. The molecule has 72 valence electrons. The van der Waals surface area contributed by atoms with Crippen LogP contribution < -0.4 is 0 Å². The Hall–Kier alpha value is -1.20. The number of nitrogens with zero attached hydrogens (tertiary/aromatic N) is 1. The molecule has 0 N–H and O–H groups in total. The topological polar surface area (TPSA) is 23.8 Å². The molecule has 0 amide bonds. The molecule has 2 heteroatoms. The van der Waals surface area contributed by atoms with Gasteiger partial charge in [-0.25, -0.2) is 0 Å². The molecule has 0 saturated carbocycles. The van der Waals surface area contributed by atoms with Gasteiger partial charge in [-0.05, 0) is 30.9 Å². The number of hydrogen-bond donors (Lipinski definition) is 0. The molecule has 0 aromatic heterocycles. The second kappa shape index (κ2) is 5.51. The minimum absolute atomic E-state index is 0.801. The monoisotopic (exact) mass is 203 g/mol. The summed E-state index contributed by atoms with van der Waals surface area (Å²) in [6, 6.07) is 10.5. The van der Waals surface area contributed by atoms with Gasteiger partial charge in [-0.2, -0.15) is 5.26 Å². The van der Waals surface area contributed by atoms with Crippen molar-refractivity contribution in [2.24, 2.45) is 0 Å². The number of hydrogen-bond acceptors (Lipinski definition) is 2. The van der Waals surface area contributed by atoms with Crippen LogP contribution in [0.5, 0.6) is 0 Å². The van der Waals surface area contributed by atoms with Crippen molar-refractivity contribution in [3.05, 3.63) is 40.8 Å². The number of thioether (sulfide) groups is 1. The fourth-order valence-corrected chi connectivity index (χ4v) is 1.74. The summed E-state index contributed by atoms with van der Waals surface area (Å²) >= 11 is 1.60. The zero-order chi connectivity index (χ0) is 10.4. The van der Waals surface area contributed by atoms with Gasteiger partial charge >= 0.3 is 0 Å². The predicted molar refractivity (Wildman–Crippen MR) is 61.0 cm³/mol. The lowest BCUT2D eigenvalue weighted by Crippen LogP contribution is -1.74. The maximum absolute atomic E-state index is 8.72. The molecule has 0 aliphatic rings. The first-order chi connectivity index (χ1) is 6.76. The number of nitriles is 1. The molecular formula is C12H13NS. The van der Waals surface area contributed by atoms with E-state index in [4.69, 9.17) is 5.26 Å². The highest BCUT2D eigenvalue weighted by Crippen LogP contribution is 2.21. The Balaban J connectivity index is 2.66. The van der Waals surface area contributed by atoms with Crippen molar-refractivity contribution in [2.75, 3.05) is 0 Å². The molecule has 1 rings (SSSR count). The van der Waals surface area contributed by atoms with E-state index in [0.717, 1.165) is 12.0 Å². The van der Waals surface area contributed by atoms with Crippen LogP contribution in [0, 0.1) is 18.3 Å². The molecule has 0 heterocycles. The lowest BCUT2D eigenvalue weighted by molar-refractivity contribution is 1.16. The molecule has 0 fully saturated rings. The second-order valence-corrected chi connectivity index (χ2v) is 3.98. The summed E-state index contributed by atoms with van der Waals surface area (Å²) in [5, 5.41) is 10.6. The number of benzene rings is 1. The van der Waals surface area contributed by atoms with E-state index in [-0.39, 0.29) is 0 Å². The molecule has 1 nitrogen and oxygen atoms in total. The normalized spacial score (nSPS) is 11.1. The number of allylic oxidation sites excluding steroid dienone is 1. The minimum atomic E-state index is 0.801. The van der Waals surface area contributed by atoms with Crippen LogP contribution >= 0.6 is 11.8 Å². The first-order valence-electron chi connectivity index (χ1n) is 4.58. The van der Waals surface area contributed by atoms with Crippen LogP contribution in [-0.4, -0.2) is 0 Å². The number of aryl methyl sites for hydroxylation is 1. The van der Waals surface area contributed by atoms with Gasteiger partial charge in [0.25, 0.3) is 0 Å². The van der Waals surface area contributed by atoms with E-state index in [0.29, 0.717) is 0 Å².